The topological polar surface area (TPSA) is 85.4 Å². The van der Waals surface area contributed by atoms with Crippen LogP contribution in [0.25, 0.3) is 0 Å². The molecule has 0 radical (unpaired) electrons. The quantitative estimate of drug-likeness (QED) is 0.226. The molecule has 1 amide bonds. The number of carbonyl (C=O) groups excluding carboxylic acids is 3. The standard InChI is InChI=1S/C32H41F3N2O6/c1-30(2,3)43-29(40)36(6)25(19-31(4,5)33)27(38)42-26(28(39)41-20-23-10-8-7-9-11-23)18-22-12-14-24(15-13-22)37-17-16-32(34,35)21-37/h7-15,25-26H,16-21H2,1-6H3/t25-,26+/m0/s1. The summed E-state index contributed by atoms with van der Waals surface area (Å²) in [5.41, 5.74) is -0.843. The molecule has 3 rings (SSSR count). The molecule has 0 N–H and O–H groups in total. The smallest absolute Gasteiger partial charge is 0.410 e. The van der Waals surface area contributed by atoms with Gasteiger partial charge < -0.3 is 19.1 Å². The summed E-state index contributed by atoms with van der Waals surface area (Å²) in [6.45, 7) is 7.26. The van der Waals surface area contributed by atoms with Gasteiger partial charge in [-0.15, -0.1) is 0 Å². The fourth-order valence-corrected chi connectivity index (χ4v) is 4.53. The maximum Gasteiger partial charge on any atom is 0.410 e. The molecule has 1 saturated heterocycles. The number of halogens is 3. The first-order chi connectivity index (χ1) is 19.9. The second-order valence-electron chi connectivity index (χ2n) is 12.4. The summed E-state index contributed by atoms with van der Waals surface area (Å²) in [6.07, 6.45) is -3.03. The largest absolute Gasteiger partial charge is 0.458 e. The SMILES string of the molecule is CN(C(=O)OC(C)(C)C)[C@@H](CC(C)(C)F)C(=O)O[C@H](Cc1ccc(N2CCC(F)(F)C2)cc1)C(=O)OCc1ccccc1. The number of esters is 2. The minimum absolute atomic E-state index is 0.0748. The van der Waals surface area contributed by atoms with Crippen LogP contribution in [0.4, 0.5) is 23.7 Å². The van der Waals surface area contributed by atoms with Gasteiger partial charge in [-0.3, -0.25) is 4.90 Å². The van der Waals surface area contributed by atoms with Crippen molar-refractivity contribution in [3.8, 4) is 0 Å². The molecule has 1 fully saturated rings. The van der Waals surface area contributed by atoms with Gasteiger partial charge in [-0.1, -0.05) is 42.5 Å². The van der Waals surface area contributed by atoms with Crippen molar-refractivity contribution >= 4 is 23.7 Å². The van der Waals surface area contributed by atoms with Crippen LogP contribution in [0.5, 0.6) is 0 Å². The van der Waals surface area contributed by atoms with Crippen LogP contribution >= 0.6 is 0 Å². The molecule has 1 heterocycles. The highest BCUT2D eigenvalue weighted by Crippen LogP contribution is 2.31. The highest BCUT2D eigenvalue weighted by molar-refractivity contribution is 5.85. The maximum atomic E-state index is 14.8. The van der Waals surface area contributed by atoms with Crippen molar-refractivity contribution in [3.05, 3.63) is 65.7 Å². The van der Waals surface area contributed by atoms with E-state index in [4.69, 9.17) is 14.2 Å². The first kappa shape index (κ1) is 33.7. The van der Waals surface area contributed by atoms with Gasteiger partial charge in [-0.2, -0.15) is 0 Å². The van der Waals surface area contributed by atoms with E-state index in [0.29, 0.717) is 11.3 Å². The molecule has 0 spiro atoms. The Morgan fingerprint density at radius 2 is 1.58 bits per heavy atom. The van der Waals surface area contributed by atoms with Crippen LogP contribution in [0.3, 0.4) is 0 Å². The molecule has 2 aromatic carbocycles. The van der Waals surface area contributed by atoms with E-state index in [9.17, 15) is 27.6 Å². The highest BCUT2D eigenvalue weighted by atomic mass is 19.3. The summed E-state index contributed by atoms with van der Waals surface area (Å²) in [6, 6.07) is 14.2. The number of ether oxygens (including phenoxy) is 3. The molecule has 2 atom stereocenters. The minimum Gasteiger partial charge on any atom is -0.458 e. The van der Waals surface area contributed by atoms with Crippen LogP contribution in [0.2, 0.25) is 0 Å². The fourth-order valence-electron chi connectivity index (χ4n) is 4.53. The third kappa shape index (κ3) is 10.8. The third-order valence-electron chi connectivity index (χ3n) is 6.74. The maximum absolute atomic E-state index is 14.8. The Kier molecular flexibility index (Phi) is 10.7. The number of carbonyl (C=O) groups is 3. The normalized spacial score (nSPS) is 16.3. The average molecular weight is 607 g/mol. The molecule has 1 aliphatic rings. The molecule has 236 valence electrons. The van der Waals surface area contributed by atoms with E-state index in [1.165, 1.54) is 20.9 Å². The predicted octanol–water partition coefficient (Wildman–Crippen LogP) is 6.10. The molecule has 0 aromatic heterocycles. The third-order valence-corrected chi connectivity index (χ3v) is 6.74. The number of likely N-dealkylation sites (N-methyl/N-ethyl adjacent to an activating group) is 1. The van der Waals surface area contributed by atoms with Crippen LogP contribution in [0.15, 0.2) is 54.6 Å². The van der Waals surface area contributed by atoms with Crippen LogP contribution in [0.1, 0.15) is 58.6 Å². The van der Waals surface area contributed by atoms with Gasteiger partial charge in [-0.25, -0.2) is 27.6 Å². The Morgan fingerprint density at radius 3 is 2.12 bits per heavy atom. The Morgan fingerprint density at radius 1 is 0.953 bits per heavy atom. The summed E-state index contributed by atoms with van der Waals surface area (Å²) in [5, 5.41) is 0. The summed E-state index contributed by atoms with van der Waals surface area (Å²) in [7, 11) is 1.30. The van der Waals surface area contributed by atoms with Gasteiger partial charge in [-0.05, 0) is 57.9 Å². The number of rotatable bonds is 11. The fraction of sp³-hybridized carbons (Fsp3) is 0.531. The molecule has 43 heavy (non-hydrogen) atoms. The molecule has 0 bridgehead atoms. The lowest BCUT2D eigenvalue weighted by atomic mass is 10.00. The lowest BCUT2D eigenvalue weighted by Crippen LogP contribution is -2.49. The van der Waals surface area contributed by atoms with Crippen molar-refractivity contribution in [2.75, 3.05) is 25.0 Å². The number of alkyl halides is 3. The first-order valence-corrected chi connectivity index (χ1v) is 14.2. The first-order valence-electron chi connectivity index (χ1n) is 14.2. The van der Waals surface area contributed by atoms with Crippen LogP contribution in [-0.4, -0.2) is 72.4 Å². The van der Waals surface area contributed by atoms with Crippen molar-refractivity contribution < 1.29 is 41.8 Å². The predicted molar refractivity (Wildman–Crippen MR) is 156 cm³/mol. The molecule has 0 aliphatic carbocycles. The van der Waals surface area contributed by atoms with Crippen molar-refractivity contribution in [3.63, 3.8) is 0 Å². The van der Waals surface area contributed by atoms with E-state index in [2.05, 4.69) is 0 Å². The van der Waals surface area contributed by atoms with E-state index in [0.717, 1.165) is 10.5 Å². The van der Waals surface area contributed by atoms with E-state index in [1.54, 1.807) is 74.2 Å². The number of anilines is 1. The monoisotopic (exact) mass is 606 g/mol. The van der Waals surface area contributed by atoms with E-state index < -0.39 is 53.8 Å². The second-order valence-corrected chi connectivity index (χ2v) is 12.4. The number of hydrogen-bond donors (Lipinski definition) is 0. The van der Waals surface area contributed by atoms with E-state index in [1.807, 2.05) is 6.07 Å². The van der Waals surface area contributed by atoms with E-state index in [-0.39, 0.29) is 32.5 Å². The van der Waals surface area contributed by atoms with Crippen molar-refractivity contribution in [2.24, 2.45) is 0 Å². The lowest BCUT2D eigenvalue weighted by molar-refractivity contribution is -0.172. The summed E-state index contributed by atoms with van der Waals surface area (Å²) < 4.78 is 58.6. The summed E-state index contributed by atoms with van der Waals surface area (Å²) >= 11 is 0. The summed E-state index contributed by atoms with van der Waals surface area (Å²) in [4.78, 5) is 42.0. The lowest BCUT2D eigenvalue weighted by Gasteiger charge is -2.32. The van der Waals surface area contributed by atoms with Gasteiger partial charge in [0.2, 0.25) is 6.10 Å². The van der Waals surface area contributed by atoms with Crippen molar-refractivity contribution in [2.45, 2.75) is 89.8 Å². The second kappa shape index (κ2) is 13.7. The Hall–Kier alpha value is -3.76. The zero-order valence-electron chi connectivity index (χ0n) is 25.6. The number of amides is 1. The highest BCUT2D eigenvalue weighted by Gasteiger charge is 2.40. The minimum atomic E-state index is -2.75. The molecule has 0 unspecified atom stereocenters. The molecule has 11 heteroatoms. The van der Waals surface area contributed by atoms with E-state index >= 15 is 0 Å². The van der Waals surface area contributed by atoms with Gasteiger partial charge in [0, 0.05) is 38.5 Å². The number of nitrogens with zero attached hydrogens (tertiary/aromatic N) is 2. The van der Waals surface area contributed by atoms with Crippen molar-refractivity contribution in [1.29, 1.82) is 0 Å². The molecule has 0 saturated carbocycles. The van der Waals surface area contributed by atoms with Crippen LogP contribution < -0.4 is 4.90 Å². The van der Waals surface area contributed by atoms with Crippen molar-refractivity contribution in [1.82, 2.24) is 4.90 Å². The molecule has 8 nitrogen and oxygen atoms in total. The molecule has 2 aromatic rings. The van der Waals surface area contributed by atoms with Gasteiger partial charge >= 0.3 is 18.0 Å². The van der Waals surface area contributed by atoms with Gasteiger partial charge in [0.1, 0.15) is 23.9 Å². The van der Waals surface area contributed by atoms with Gasteiger partial charge in [0.15, 0.2) is 0 Å². The molecule has 1 aliphatic heterocycles. The van der Waals surface area contributed by atoms with Crippen LogP contribution in [-0.2, 0) is 36.8 Å². The van der Waals surface area contributed by atoms with Crippen LogP contribution in [0, 0.1) is 0 Å². The Balaban J connectivity index is 1.82. The Labute approximate surface area is 251 Å². The molecular weight excluding hydrogens is 565 g/mol. The zero-order chi connectivity index (χ0) is 32.0. The number of benzene rings is 2. The number of hydrogen-bond acceptors (Lipinski definition) is 7. The molecular formula is C32H41F3N2O6. The van der Waals surface area contributed by atoms with Gasteiger partial charge in [0.05, 0.1) is 6.54 Å². The Bertz CT molecular complexity index is 1240. The zero-order valence-corrected chi connectivity index (χ0v) is 25.6. The van der Waals surface area contributed by atoms with Gasteiger partial charge in [0.25, 0.3) is 5.92 Å². The average Bonchev–Trinajstić information content (AvgIpc) is 3.28. The summed E-state index contributed by atoms with van der Waals surface area (Å²) in [5.74, 6) is -4.59.